The summed E-state index contributed by atoms with van der Waals surface area (Å²) in [6.45, 7) is 3.29. The summed E-state index contributed by atoms with van der Waals surface area (Å²) in [5.74, 6) is 0.125. The van der Waals surface area contributed by atoms with Gasteiger partial charge in [0, 0.05) is 31.9 Å². The van der Waals surface area contributed by atoms with Crippen LogP contribution in [0.15, 0.2) is 30.3 Å². The third kappa shape index (κ3) is 2.47. The van der Waals surface area contributed by atoms with Crippen molar-refractivity contribution in [2.75, 3.05) is 37.0 Å². The summed E-state index contributed by atoms with van der Waals surface area (Å²) in [5.41, 5.74) is 1.22. The summed E-state index contributed by atoms with van der Waals surface area (Å²) < 4.78 is 0. The van der Waals surface area contributed by atoms with Gasteiger partial charge >= 0.3 is 0 Å². The van der Waals surface area contributed by atoms with Gasteiger partial charge in [-0.25, -0.2) is 0 Å². The summed E-state index contributed by atoms with van der Waals surface area (Å²) >= 11 is 5.53. The van der Waals surface area contributed by atoms with E-state index in [0.717, 1.165) is 26.2 Å². The normalized spacial score (nSPS) is 16.3. The van der Waals surface area contributed by atoms with Crippen molar-refractivity contribution >= 4 is 23.2 Å². The summed E-state index contributed by atoms with van der Waals surface area (Å²) in [4.78, 5) is 15.5. The highest BCUT2D eigenvalue weighted by molar-refractivity contribution is 6.27. The molecule has 1 aromatic carbocycles. The molecule has 0 saturated carbocycles. The van der Waals surface area contributed by atoms with Crippen LogP contribution in [0, 0.1) is 0 Å². The number of hydrogen-bond acceptors (Lipinski definition) is 2. The predicted octanol–water partition coefficient (Wildman–Crippen LogP) is 1.57. The zero-order valence-corrected chi connectivity index (χ0v) is 9.86. The van der Waals surface area contributed by atoms with E-state index >= 15 is 0 Å². The van der Waals surface area contributed by atoms with Crippen LogP contribution >= 0.6 is 11.6 Å². The third-order valence-electron chi connectivity index (χ3n) is 2.87. The first-order chi connectivity index (χ1) is 7.81. The number of carbonyl (C=O) groups excluding carboxylic acids is 1. The largest absolute Gasteiger partial charge is 0.368 e. The van der Waals surface area contributed by atoms with Crippen molar-refractivity contribution < 1.29 is 4.79 Å². The van der Waals surface area contributed by atoms with Crippen molar-refractivity contribution in [3.8, 4) is 0 Å². The monoisotopic (exact) mass is 238 g/mol. The van der Waals surface area contributed by atoms with Crippen LogP contribution in [0.1, 0.15) is 0 Å². The van der Waals surface area contributed by atoms with Gasteiger partial charge in [-0.15, -0.1) is 11.6 Å². The molecule has 0 unspecified atom stereocenters. The Morgan fingerprint density at radius 2 is 1.75 bits per heavy atom. The molecule has 0 bridgehead atoms. The van der Waals surface area contributed by atoms with Crippen LogP contribution in [0.2, 0.25) is 0 Å². The van der Waals surface area contributed by atoms with Gasteiger partial charge in [-0.1, -0.05) is 18.2 Å². The number of benzene rings is 1. The van der Waals surface area contributed by atoms with Gasteiger partial charge < -0.3 is 9.80 Å². The van der Waals surface area contributed by atoms with Crippen LogP contribution in [0.3, 0.4) is 0 Å². The minimum atomic E-state index is 0.0365. The lowest BCUT2D eigenvalue weighted by molar-refractivity contribution is -0.128. The maximum absolute atomic E-state index is 11.4. The molecule has 1 amide bonds. The Balaban J connectivity index is 1.93. The highest BCUT2D eigenvalue weighted by Gasteiger charge is 2.20. The second-order valence-electron chi connectivity index (χ2n) is 3.84. The van der Waals surface area contributed by atoms with E-state index in [9.17, 15) is 4.79 Å². The van der Waals surface area contributed by atoms with Gasteiger partial charge in [0.05, 0.1) is 0 Å². The molecule has 1 fully saturated rings. The van der Waals surface area contributed by atoms with E-state index in [2.05, 4.69) is 17.0 Å². The van der Waals surface area contributed by atoms with E-state index in [1.165, 1.54) is 5.69 Å². The topological polar surface area (TPSA) is 23.6 Å². The van der Waals surface area contributed by atoms with Crippen molar-refractivity contribution in [1.82, 2.24) is 4.90 Å². The van der Waals surface area contributed by atoms with E-state index < -0.39 is 0 Å². The Hall–Kier alpha value is -1.22. The van der Waals surface area contributed by atoms with Crippen molar-refractivity contribution in [2.24, 2.45) is 0 Å². The first kappa shape index (κ1) is 11.3. The van der Waals surface area contributed by atoms with Gasteiger partial charge in [0.25, 0.3) is 0 Å². The lowest BCUT2D eigenvalue weighted by Gasteiger charge is -2.35. The number of piperazine rings is 1. The number of alkyl halides is 1. The van der Waals surface area contributed by atoms with Crippen molar-refractivity contribution in [3.05, 3.63) is 30.3 Å². The zero-order valence-electron chi connectivity index (χ0n) is 9.10. The Labute approximate surface area is 101 Å². The predicted molar refractivity (Wildman–Crippen MR) is 66.0 cm³/mol. The fraction of sp³-hybridized carbons (Fsp3) is 0.417. The molecular formula is C12H15ClN2O. The summed E-state index contributed by atoms with van der Waals surface area (Å²) in [6, 6.07) is 10.3. The quantitative estimate of drug-likeness (QED) is 0.731. The standard InChI is InChI=1S/C12H15ClN2O/c13-10-12(16)15-8-6-14(7-9-15)11-4-2-1-3-5-11/h1-5H,6-10H2. The highest BCUT2D eigenvalue weighted by Crippen LogP contribution is 2.15. The number of rotatable bonds is 2. The van der Waals surface area contributed by atoms with Gasteiger partial charge in [0.15, 0.2) is 0 Å². The Morgan fingerprint density at radius 3 is 2.31 bits per heavy atom. The molecule has 1 saturated heterocycles. The van der Waals surface area contributed by atoms with Crippen LogP contribution < -0.4 is 4.90 Å². The third-order valence-corrected chi connectivity index (χ3v) is 3.10. The summed E-state index contributed by atoms with van der Waals surface area (Å²) in [6.07, 6.45) is 0. The SMILES string of the molecule is O=C(CCl)N1CCN(c2ccccc2)CC1. The second-order valence-corrected chi connectivity index (χ2v) is 4.10. The van der Waals surface area contributed by atoms with Crippen LogP contribution in [0.5, 0.6) is 0 Å². The summed E-state index contributed by atoms with van der Waals surface area (Å²) in [7, 11) is 0. The molecule has 2 rings (SSSR count). The van der Waals surface area contributed by atoms with Crippen molar-refractivity contribution in [1.29, 1.82) is 0 Å². The van der Waals surface area contributed by atoms with Gasteiger partial charge in [0.1, 0.15) is 5.88 Å². The van der Waals surface area contributed by atoms with Gasteiger partial charge in [-0.05, 0) is 12.1 Å². The van der Waals surface area contributed by atoms with Crippen molar-refractivity contribution in [3.63, 3.8) is 0 Å². The average Bonchev–Trinajstić information content (AvgIpc) is 2.39. The molecule has 1 aromatic rings. The number of anilines is 1. The molecule has 1 aliphatic heterocycles. The average molecular weight is 239 g/mol. The first-order valence-electron chi connectivity index (χ1n) is 5.45. The molecule has 1 aliphatic rings. The minimum absolute atomic E-state index is 0.0365. The molecular weight excluding hydrogens is 224 g/mol. The number of halogens is 1. The zero-order chi connectivity index (χ0) is 11.4. The molecule has 3 nitrogen and oxygen atoms in total. The molecule has 0 spiro atoms. The first-order valence-corrected chi connectivity index (χ1v) is 5.98. The molecule has 86 valence electrons. The van der Waals surface area contributed by atoms with E-state index in [4.69, 9.17) is 11.6 Å². The number of nitrogens with zero attached hydrogens (tertiary/aromatic N) is 2. The van der Waals surface area contributed by atoms with Gasteiger partial charge in [-0.3, -0.25) is 4.79 Å². The second kappa shape index (κ2) is 5.21. The molecule has 0 N–H and O–H groups in total. The molecule has 1 heterocycles. The van der Waals surface area contributed by atoms with Crippen LogP contribution in [0.25, 0.3) is 0 Å². The molecule has 0 aliphatic carbocycles. The Morgan fingerprint density at radius 1 is 1.12 bits per heavy atom. The van der Waals surface area contributed by atoms with E-state index in [0.29, 0.717) is 0 Å². The maximum atomic E-state index is 11.4. The van der Waals surface area contributed by atoms with E-state index in [-0.39, 0.29) is 11.8 Å². The smallest absolute Gasteiger partial charge is 0.237 e. The van der Waals surface area contributed by atoms with Crippen LogP contribution in [-0.4, -0.2) is 42.9 Å². The number of amides is 1. The Kier molecular flexibility index (Phi) is 3.67. The Bertz CT molecular complexity index is 347. The molecule has 16 heavy (non-hydrogen) atoms. The molecule has 0 aromatic heterocycles. The number of hydrogen-bond donors (Lipinski definition) is 0. The molecule has 0 atom stereocenters. The van der Waals surface area contributed by atoms with Gasteiger partial charge in [0.2, 0.25) is 5.91 Å². The van der Waals surface area contributed by atoms with Crippen LogP contribution in [-0.2, 0) is 4.79 Å². The van der Waals surface area contributed by atoms with E-state index in [1.54, 1.807) is 0 Å². The fourth-order valence-electron chi connectivity index (χ4n) is 1.94. The molecule has 0 radical (unpaired) electrons. The fourth-order valence-corrected chi connectivity index (χ4v) is 2.11. The van der Waals surface area contributed by atoms with Crippen LogP contribution in [0.4, 0.5) is 5.69 Å². The minimum Gasteiger partial charge on any atom is -0.368 e. The van der Waals surface area contributed by atoms with Gasteiger partial charge in [-0.2, -0.15) is 0 Å². The highest BCUT2D eigenvalue weighted by atomic mass is 35.5. The summed E-state index contributed by atoms with van der Waals surface area (Å²) in [5, 5.41) is 0. The maximum Gasteiger partial charge on any atom is 0.237 e. The number of carbonyl (C=O) groups is 1. The van der Waals surface area contributed by atoms with E-state index in [1.807, 2.05) is 23.1 Å². The number of para-hydroxylation sites is 1. The lowest BCUT2D eigenvalue weighted by Crippen LogP contribution is -2.49. The van der Waals surface area contributed by atoms with Crippen molar-refractivity contribution in [2.45, 2.75) is 0 Å². The molecule has 4 heteroatoms. The lowest BCUT2D eigenvalue weighted by atomic mass is 10.2.